The fourth-order valence-electron chi connectivity index (χ4n) is 0.980. The Bertz CT molecular complexity index is 361. The first kappa shape index (κ1) is 10.5. The molecule has 0 spiro atoms. The maximum atomic E-state index is 11.2. The van der Waals surface area contributed by atoms with Gasteiger partial charge in [-0.2, -0.15) is 0 Å². The molecule has 78 valence electrons. The molecule has 0 saturated carbocycles. The van der Waals surface area contributed by atoms with E-state index in [2.05, 4.69) is 9.97 Å². The van der Waals surface area contributed by atoms with E-state index in [1.165, 1.54) is 0 Å². The molecule has 0 bridgehead atoms. The summed E-state index contributed by atoms with van der Waals surface area (Å²) in [5, 5.41) is 0. The highest BCUT2D eigenvalue weighted by Crippen LogP contribution is 2.03. The summed E-state index contributed by atoms with van der Waals surface area (Å²) in [6, 6.07) is 0. The number of rotatable bonds is 4. The van der Waals surface area contributed by atoms with E-state index in [1.807, 2.05) is 6.92 Å². The minimum absolute atomic E-state index is 0.0369. The Morgan fingerprint density at radius 1 is 1.50 bits per heavy atom. The largest absolute Gasteiger partial charge is 0.391 e. The van der Waals surface area contributed by atoms with Gasteiger partial charge in [-0.3, -0.25) is 4.79 Å². The van der Waals surface area contributed by atoms with Crippen LogP contribution in [0.15, 0.2) is 4.79 Å². The van der Waals surface area contributed by atoms with Crippen molar-refractivity contribution in [2.75, 3.05) is 24.7 Å². The molecule has 1 heterocycles. The van der Waals surface area contributed by atoms with Gasteiger partial charge in [-0.15, -0.1) is 0 Å². The summed E-state index contributed by atoms with van der Waals surface area (Å²) in [5.74, 6) is 0.565. The molecule has 0 fully saturated rings. The first-order valence-electron chi connectivity index (χ1n) is 4.37. The number of nitrogens with one attached hydrogen (secondary N) is 1. The average molecular weight is 198 g/mol. The summed E-state index contributed by atoms with van der Waals surface area (Å²) in [5.41, 5.74) is 10.3. The van der Waals surface area contributed by atoms with Crippen LogP contribution < -0.4 is 17.0 Å². The average Bonchev–Trinajstić information content (AvgIpc) is 2.14. The fourth-order valence-corrected chi connectivity index (χ4v) is 0.980. The van der Waals surface area contributed by atoms with E-state index in [0.29, 0.717) is 25.5 Å². The molecule has 0 radical (unpaired) electrons. The minimum Gasteiger partial charge on any atom is -0.391 e. The molecule has 0 aliphatic rings. The van der Waals surface area contributed by atoms with Crippen molar-refractivity contribution in [2.45, 2.75) is 13.3 Å². The SMILES string of the molecule is CCOCCc1nc(N)c(N)c(=O)[nH]1. The van der Waals surface area contributed by atoms with Crippen LogP contribution in [0.2, 0.25) is 0 Å². The van der Waals surface area contributed by atoms with E-state index in [4.69, 9.17) is 16.2 Å². The van der Waals surface area contributed by atoms with Crippen molar-refractivity contribution in [1.29, 1.82) is 0 Å². The maximum Gasteiger partial charge on any atom is 0.276 e. The number of hydrogen-bond acceptors (Lipinski definition) is 5. The molecule has 0 aromatic carbocycles. The second-order valence-electron chi connectivity index (χ2n) is 2.76. The van der Waals surface area contributed by atoms with Crippen LogP contribution in [0.25, 0.3) is 0 Å². The Morgan fingerprint density at radius 2 is 2.21 bits per heavy atom. The van der Waals surface area contributed by atoms with Crippen molar-refractivity contribution in [3.63, 3.8) is 0 Å². The topological polar surface area (TPSA) is 107 Å². The number of hydrogen-bond donors (Lipinski definition) is 3. The van der Waals surface area contributed by atoms with Crippen molar-refractivity contribution in [1.82, 2.24) is 9.97 Å². The number of anilines is 2. The molecule has 1 aromatic rings. The highest BCUT2D eigenvalue weighted by Gasteiger charge is 2.04. The molecule has 0 atom stereocenters. The van der Waals surface area contributed by atoms with Gasteiger partial charge in [0.25, 0.3) is 5.56 Å². The Hall–Kier alpha value is -1.56. The Balaban J connectivity index is 2.75. The summed E-state index contributed by atoms with van der Waals surface area (Å²) >= 11 is 0. The number of nitrogens with two attached hydrogens (primary N) is 2. The third kappa shape index (κ3) is 2.46. The second-order valence-corrected chi connectivity index (χ2v) is 2.76. The lowest BCUT2D eigenvalue weighted by atomic mass is 10.4. The van der Waals surface area contributed by atoms with Gasteiger partial charge in [0.2, 0.25) is 0 Å². The maximum absolute atomic E-state index is 11.2. The van der Waals surface area contributed by atoms with Crippen LogP contribution in [0.5, 0.6) is 0 Å². The number of nitrogens with zero attached hydrogens (tertiary/aromatic N) is 1. The smallest absolute Gasteiger partial charge is 0.276 e. The lowest BCUT2D eigenvalue weighted by Crippen LogP contribution is -2.19. The number of nitrogen functional groups attached to an aromatic ring is 2. The fraction of sp³-hybridized carbons (Fsp3) is 0.500. The van der Waals surface area contributed by atoms with Crippen LogP contribution in [0.3, 0.4) is 0 Å². The molecule has 0 aliphatic heterocycles. The quantitative estimate of drug-likeness (QED) is 0.566. The highest BCUT2D eigenvalue weighted by molar-refractivity contribution is 5.55. The van der Waals surface area contributed by atoms with Crippen LogP contribution in [0, 0.1) is 0 Å². The lowest BCUT2D eigenvalue weighted by molar-refractivity contribution is 0.149. The third-order valence-corrected chi connectivity index (χ3v) is 1.72. The van der Waals surface area contributed by atoms with E-state index in [9.17, 15) is 4.79 Å². The summed E-state index contributed by atoms with van der Waals surface area (Å²) in [7, 11) is 0. The van der Waals surface area contributed by atoms with E-state index >= 15 is 0 Å². The first-order valence-corrected chi connectivity index (χ1v) is 4.37. The van der Waals surface area contributed by atoms with Gasteiger partial charge < -0.3 is 21.2 Å². The first-order chi connectivity index (χ1) is 6.65. The van der Waals surface area contributed by atoms with Crippen molar-refractivity contribution < 1.29 is 4.74 Å². The number of ether oxygens (including phenoxy) is 1. The molecule has 1 rings (SSSR count). The predicted octanol–water partition coefficient (Wildman–Crippen LogP) is -0.487. The standard InChI is InChI=1S/C8H14N4O2/c1-2-14-4-3-5-11-7(10)6(9)8(13)12-5/h2-4,9H2,1H3,(H3,10,11,12,13). The van der Waals surface area contributed by atoms with Crippen LogP contribution in [0.1, 0.15) is 12.7 Å². The van der Waals surface area contributed by atoms with Crippen molar-refractivity contribution in [2.24, 2.45) is 0 Å². The zero-order valence-electron chi connectivity index (χ0n) is 8.04. The highest BCUT2D eigenvalue weighted by atomic mass is 16.5. The molecule has 5 N–H and O–H groups in total. The number of aromatic nitrogens is 2. The van der Waals surface area contributed by atoms with E-state index in [-0.39, 0.29) is 11.5 Å². The minimum atomic E-state index is -0.399. The Kier molecular flexibility index (Phi) is 3.47. The van der Waals surface area contributed by atoms with Crippen LogP contribution in [0.4, 0.5) is 11.5 Å². The van der Waals surface area contributed by atoms with Crippen LogP contribution in [-0.4, -0.2) is 23.2 Å². The molecule has 6 heteroatoms. The summed E-state index contributed by atoms with van der Waals surface area (Å²) in [6.07, 6.45) is 0.521. The summed E-state index contributed by atoms with van der Waals surface area (Å²) in [4.78, 5) is 17.6. The molecule has 0 saturated heterocycles. The lowest BCUT2D eigenvalue weighted by Gasteiger charge is -2.03. The van der Waals surface area contributed by atoms with Crippen LogP contribution >= 0.6 is 0 Å². The van der Waals surface area contributed by atoms with Gasteiger partial charge >= 0.3 is 0 Å². The van der Waals surface area contributed by atoms with E-state index in [0.717, 1.165) is 0 Å². The summed E-state index contributed by atoms with van der Waals surface area (Å²) < 4.78 is 5.11. The Morgan fingerprint density at radius 3 is 2.79 bits per heavy atom. The molecule has 14 heavy (non-hydrogen) atoms. The van der Waals surface area contributed by atoms with Crippen molar-refractivity contribution in [3.8, 4) is 0 Å². The van der Waals surface area contributed by atoms with Crippen molar-refractivity contribution >= 4 is 11.5 Å². The monoisotopic (exact) mass is 198 g/mol. The van der Waals surface area contributed by atoms with Gasteiger partial charge in [-0.25, -0.2) is 4.98 Å². The van der Waals surface area contributed by atoms with Gasteiger partial charge in [-0.1, -0.05) is 0 Å². The zero-order chi connectivity index (χ0) is 10.6. The zero-order valence-corrected chi connectivity index (χ0v) is 8.04. The molecule has 0 amide bonds. The number of aromatic amines is 1. The molecule has 0 aliphatic carbocycles. The van der Waals surface area contributed by atoms with Crippen molar-refractivity contribution in [3.05, 3.63) is 16.2 Å². The predicted molar refractivity (Wildman–Crippen MR) is 53.9 cm³/mol. The number of H-pyrrole nitrogens is 1. The molecule has 0 unspecified atom stereocenters. The van der Waals surface area contributed by atoms with Gasteiger partial charge in [0.05, 0.1) is 6.61 Å². The summed E-state index contributed by atoms with van der Waals surface area (Å²) in [6.45, 7) is 3.03. The molecule has 6 nitrogen and oxygen atoms in total. The Labute approximate surface area is 81.3 Å². The molecular formula is C8H14N4O2. The van der Waals surface area contributed by atoms with E-state index < -0.39 is 5.56 Å². The van der Waals surface area contributed by atoms with Gasteiger partial charge in [0.15, 0.2) is 5.82 Å². The second kappa shape index (κ2) is 4.61. The van der Waals surface area contributed by atoms with Crippen LogP contribution in [-0.2, 0) is 11.2 Å². The normalized spacial score (nSPS) is 10.4. The van der Waals surface area contributed by atoms with E-state index in [1.54, 1.807) is 0 Å². The molecule has 1 aromatic heterocycles. The van der Waals surface area contributed by atoms with Gasteiger partial charge in [0.1, 0.15) is 11.5 Å². The van der Waals surface area contributed by atoms with Gasteiger partial charge in [-0.05, 0) is 6.92 Å². The third-order valence-electron chi connectivity index (χ3n) is 1.72. The molecular weight excluding hydrogens is 184 g/mol. The van der Waals surface area contributed by atoms with Gasteiger partial charge in [0, 0.05) is 13.0 Å².